The Morgan fingerprint density at radius 1 is 1.29 bits per heavy atom. The number of para-hydroxylation sites is 1. The fraction of sp³-hybridized carbons (Fsp3) is 0.438. The summed E-state index contributed by atoms with van der Waals surface area (Å²) < 4.78 is 0. The highest BCUT2D eigenvalue weighted by atomic mass is 16.2. The van der Waals surface area contributed by atoms with Gasteiger partial charge in [-0.3, -0.25) is 14.8 Å². The van der Waals surface area contributed by atoms with E-state index in [0.29, 0.717) is 22.9 Å². The van der Waals surface area contributed by atoms with Crippen LogP contribution in [0.2, 0.25) is 0 Å². The van der Waals surface area contributed by atoms with Crippen LogP contribution in [0, 0.1) is 11.8 Å². The van der Waals surface area contributed by atoms with E-state index in [-0.39, 0.29) is 11.9 Å². The first-order valence-electron chi connectivity index (χ1n) is 7.47. The Morgan fingerprint density at radius 3 is 3.00 bits per heavy atom. The van der Waals surface area contributed by atoms with Gasteiger partial charge in [-0.1, -0.05) is 6.07 Å². The van der Waals surface area contributed by atoms with Crippen molar-refractivity contribution in [2.45, 2.75) is 13.0 Å². The molecule has 2 fully saturated rings. The van der Waals surface area contributed by atoms with Crippen LogP contribution in [-0.2, 0) is 0 Å². The molecule has 3 heterocycles. The number of benzene rings is 1. The molecule has 1 N–H and O–H groups in total. The molecule has 0 radical (unpaired) electrons. The Bertz CT molecular complexity index is 696. The van der Waals surface area contributed by atoms with Gasteiger partial charge >= 0.3 is 0 Å². The van der Waals surface area contributed by atoms with Crippen molar-refractivity contribution in [3.8, 4) is 0 Å². The topological polar surface area (TPSA) is 58.1 Å². The standard InChI is InChI=1S/C16H18N4O/c1-10-13-8-17-7-11(13)9-20(10)16(21)12-3-2-4-14-15(12)19-6-5-18-14/h2-6,10-11,13,17H,7-9H2,1H3. The largest absolute Gasteiger partial charge is 0.335 e. The van der Waals surface area contributed by atoms with Gasteiger partial charge in [-0.05, 0) is 30.9 Å². The summed E-state index contributed by atoms with van der Waals surface area (Å²) in [5.74, 6) is 1.25. The molecule has 4 rings (SSSR count). The summed E-state index contributed by atoms with van der Waals surface area (Å²) in [7, 11) is 0. The summed E-state index contributed by atoms with van der Waals surface area (Å²) in [5, 5.41) is 3.42. The van der Waals surface area contributed by atoms with Crippen LogP contribution in [0.4, 0.5) is 0 Å². The predicted molar refractivity (Wildman–Crippen MR) is 79.9 cm³/mol. The molecule has 108 valence electrons. The molecular formula is C16H18N4O. The number of amides is 1. The summed E-state index contributed by atoms with van der Waals surface area (Å²) in [6, 6.07) is 5.92. The van der Waals surface area contributed by atoms with Crippen molar-refractivity contribution in [2.24, 2.45) is 11.8 Å². The van der Waals surface area contributed by atoms with Crippen molar-refractivity contribution in [1.29, 1.82) is 0 Å². The van der Waals surface area contributed by atoms with E-state index in [1.165, 1.54) is 0 Å². The number of rotatable bonds is 1. The highest BCUT2D eigenvalue weighted by molar-refractivity contribution is 6.04. The number of nitrogens with zero attached hydrogens (tertiary/aromatic N) is 3. The lowest BCUT2D eigenvalue weighted by molar-refractivity contribution is 0.0730. The van der Waals surface area contributed by atoms with Gasteiger partial charge in [-0.15, -0.1) is 0 Å². The summed E-state index contributed by atoms with van der Waals surface area (Å²) >= 11 is 0. The molecule has 21 heavy (non-hydrogen) atoms. The smallest absolute Gasteiger partial charge is 0.256 e. The maximum Gasteiger partial charge on any atom is 0.256 e. The Morgan fingerprint density at radius 2 is 2.14 bits per heavy atom. The minimum absolute atomic E-state index is 0.0861. The van der Waals surface area contributed by atoms with Gasteiger partial charge in [0.1, 0.15) is 5.52 Å². The molecule has 1 amide bonds. The van der Waals surface area contributed by atoms with Crippen molar-refractivity contribution in [3.05, 3.63) is 36.2 Å². The lowest BCUT2D eigenvalue weighted by atomic mass is 9.95. The van der Waals surface area contributed by atoms with Crippen molar-refractivity contribution < 1.29 is 4.79 Å². The van der Waals surface area contributed by atoms with Crippen LogP contribution in [0.5, 0.6) is 0 Å². The van der Waals surface area contributed by atoms with Crippen LogP contribution in [0.25, 0.3) is 11.0 Å². The molecule has 5 nitrogen and oxygen atoms in total. The predicted octanol–water partition coefficient (Wildman–Crippen LogP) is 1.31. The average molecular weight is 282 g/mol. The van der Waals surface area contributed by atoms with Gasteiger partial charge in [0.25, 0.3) is 5.91 Å². The van der Waals surface area contributed by atoms with Gasteiger partial charge in [-0.25, -0.2) is 0 Å². The number of likely N-dealkylation sites (tertiary alicyclic amines) is 1. The molecule has 5 heteroatoms. The molecule has 1 aromatic carbocycles. The number of carbonyl (C=O) groups is 1. The van der Waals surface area contributed by atoms with Crippen LogP contribution in [0.1, 0.15) is 17.3 Å². The second kappa shape index (κ2) is 4.77. The zero-order valence-corrected chi connectivity index (χ0v) is 12.0. The van der Waals surface area contributed by atoms with Gasteiger partial charge in [0.15, 0.2) is 0 Å². The van der Waals surface area contributed by atoms with E-state index in [1.54, 1.807) is 12.4 Å². The summed E-state index contributed by atoms with van der Waals surface area (Å²) in [6.07, 6.45) is 3.30. The molecule has 3 atom stereocenters. The zero-order valence-electron chi connectivity index (χ0n) is 12.0. The van der Waals surface area contributed by atoms with Crippen LogP contribution in [-0.4, -0.2) is 46.5 Å². The fourth-order valence-corrected chi connectivity index (χ4v) is 3.76. The third kappa shape index (κ3) is 1.92. The highest BCUT2D eigenvalue weighted by Crippen LogP contribution is 2.33. The lowest BCUT2D eigenvalue weighted by Gasteiger charge is -2.24. The van der Waals surface area contributed by atoms with E-state index in [1.807, 2.05) is 23.1 Å². The first-order valence-corrected chi connectivity index (χ1v) is 7.47. The zero-order chi connectivity index (χ0) is 14.4. The van der Waals surface area contributed by atoms with Crippen LogP contribution < -0.4 is 5.32 Å². The number of carbonyl (C=O) groups excluding carboxylic acids is 1. The van der Waals surface area contributed by atoms with Gasteiger partial charge in [0.2, 0.25) is 0 Å². The lowest BCUT2D eigenvalue weighted by Crippen LogP contribution is -2.38. The summed E-state index contributed by atoms with van der Waals surface area (Å²) in [4.78, 5) is 23.6. The Kier molecular flexibility index (Phi) is 2.89. The Hall–Kier alpha value is -2.01. The van der Waals surface area contributed by atoms with Crippen LogP contribution in [0.15, 0.2) is 30.6 Å². The quantitative estimate of drug-likeness (QED) is 0.857. The second-order valence-corrected chi connectivity index (χ2v) is 6.01. The molecule has 2 aliphatic rings. The molecular weight excluding hydrogens is 264 g/mol. The van der Waals surface area contributed by atoms with E-state index < -0.39 is 0 Å². The van der Waals surface area contributed by atoms with Crippen LogP contribution >= 0.6 is 0 Å². The van der Waals surface area contributed by atoms with Crippen molar-refractivity contribution in [1.82, 2.24) is 20.2 Å². The molecule has 1 aromatic heterocycles. The molecule has 3 unspecified atom stereocenters. The molecule has 0 spiro atoms. The number of fused-ring (bicyclic) bond motifs is 2. The average Bonchev–Trinajstić information content (AvgIpc) is 3.09. The number of hydrogen-bond acceptors (Lipinski definition) is 4. The van der Waals surface area contributed by atoms with E-state index in [9.17, 15) is 4.79 Å². The summed E-state index contributed by atoms with van der Waals surface area (Å²) in [6.45, 7) is 5.04. The number of hydrogen-bond donors (Lipinski definition) is 1. The molecule has 2 saturated heterocycles. The normalized spacial score (nSPS) is 28.0. The fourth-order valence-electron chi connectivity index (χ4n) is 3.76. The molecule has 2 aromatic rings. The van der Waals surface area contributed by atoms with E-state index in [2.05, 4.69) is 22.2 Å². The van der Waals surface area contributed by atoms with E-state index in [4.69, 9.17) is 0 Å². The molecule has 2 aliphatic heterocycles. The molecule has 0 aliphatic carbocycles. The van der Waals surface area contributed by atoms with E-state index >= 15 is 0 Å². The second-order valence-electron chi connectivity index (χ2n) is 6.01. The third-order valence-corrected chi connectivity index (χ3v) is 4.92. The third-order valence-electron chi connectivity index (χ3n) is 4.92. The number of nitrogens with one attached hydrogen (secondary N) is 1. The minimum Gasteiger partial charge on any atom is -0.335 e. The van der Waals surface area contributed by atoms with E-state index in [0.717, 1.165) is 25.2 Å². The van der Waals surface area contributed by atoms with Gasteiger partial charge in [-0.2, -0.15) is 0 Å². The first-order chi connectivity index (χ1) is 10.3. The monoisotopic (exact) mass is 282 g/mol. The minimum atomic E-state index is 0.0861. The highest BCUT2D eigenvalue weighted by Gasteiger charge is 2.44. The Labute approximate surface area is 123 Å². The first kappa shape index (κ1) is 12.7. The SMILES string of the molecule is CC1C2CNCC2CN1C(=O)c1cccc2nccnc12. The molecule has 0 saturated carbocycles. The summed E-state index contributed by atoms with van der Waals surface area (Å²) in [5.41, 5.74) is 2.14. The van der Waals surface area contributed by atoms with Crippen molar-refractivity contribution in [2.75, 3.05) is 19.6 Å². The van der Waals surface area contributed by atoms with Crippen molar-refractivity contribution in [3.63, 3.8) is 0 Å². The van der Waals surface area contributed by atoms with Gasteiger partial charge < -0.3 is 10.2 Å². The number of aromatic nitrogens is 2. The maximum atomic E-state index is 12.9. The van der Waals surface area contributed by atoms with Gasteiger partial charge in [0.05, 0.1) is 11.1 Å². The van der Waals surface area contributed by atoms with Gasteiger partial charge in [0, 0.05) is 38.1 Å². The Balaban J connectivity index is 1.71. The van der Waals surface area contributed by atoms with Crippen molar-refractivity contribution >= 4 is 16.9 Å². The molecule has 0 bridgehead atoms. The van der Waals surface area contributed by atoms with Crippen LogP contribution in [0.3, 0.4) is 0 Å². The maximum absolute atomic E-state index is 12.9.